The minimum Gasteiger partial charge on any atom is -0.436 e. The molecular formula is C26H23F3N6O4S. The van der Waals surface area contributed by atoms with E-state index < -0.39 is 33.3 Å². The number of carbonyl (C=O) groups is 1. The number of hydrazone groups is 1. The third-order valence-electron chi connectivity index (χ3n) is 5.73. The van der Waals surface area contributed by atoms with Gasteiger partial charge >= 0.3 is 0 Å². The number of anilines is 2. The fraction of sp³-hybridized carbons (Fsp3) is 0.115. The maximum absolute atomic E-state index is 14.4. The van der Waals surface area contributed by atoms with Gasteiger partial charge in [-0.25, -0.2) is 27.2 Å². The number of nitrogens with two attached hydrogens (primary N) is 1. The summed E-state index contributed by atoms with van der Waals surface area (Å²) in [6.07, 6.45) is 2.18. The fourth-order valence-electron chi connectivity index (χ4n) is 3.76. The number of ether oxygens (including phenoxy) is 1. The summed E-state index contributed by atoms with van der Waals surface area (Å²) in [6.45, 7) is 6.55. The lowest BCUT2D eigenvalue weighted by atomic mass is 10.1. The zero-order valence-corrected chi connectivity index (χ0v) is 22.2. The summed E-state index contributed by atoms with van der Waals surface area (Å²) in [5.41, 5.74) is 7.11. The second-order valence-corrected chi connectivity index (χ2v) is 10.5. The molecular weight excluding hydrogens is 549 g/mol. The highest BCUT2D eigenvalue weighted by Crippen LogP contribution is 2.30. The molecule has 0 amide bonds. The normalized spacial score (nSPS) is 12.2. The summed E-state index contributed by atoms with van der Waals surface area (Å²) >= 11 is 0. The van der Waals surface area contributed by atoms with E-state index in [2.05, 4.69) is 26.5 Å². The third-order valence-corrected chi connectivity index (χ3v) is 6.32. The molecule has 0 saturated carbocycles. The van der Waals surface area contributed by atoms with E-state index in [9.17, 15) is 26.4 Å². The van der Waals surface area contributed by atoms with Gasteiger partial charge in [0, 0.05) is 28.8 Å². The zero-order chi connectivity index (χ0) is 29.4. The van der Waals surface area contributed by atoms with E-state index in [-0.39, 0.29) is 34.4 Å². The molecule has 0 aliphatic carbocycles. The predicted molar refractivity (Wildman–Crippen MR) is 145 cm³/mol. The Morgan fingerprint density at radius 3 is 2.55 bits per heavy atom. The summed E-state index contributed by atoms with van der Waals surface area (Å²) in [6, 6.07) is 8.76. The highest BCUT2D eigenvalue weighted by atomic mass is 32.2. The van der Waals surface area contributed by atoms with Gasteiger partial charge in [0.1, 0.15) is 11.6 Å². The van der Waals surface area contributed by atoms with E-state index in [4.69, 9.17) is 10.5 Å². The maximum Gasteiger partial charge on any atom is 0.229 e. The molecule has 2 aromatic carbocycles. The van der Waals surface area contributed by atoms with Crippen molar-refractivity contribution in [1.82, 2.24) is 9.97 Å². The monoisotopic (exact) mass is 572 g/mol. The van der Waals surface area contributed by atoms with Crippen LogP contribution in [0, 0.1) is 24.4 Å². The second-order valence-electron chi connectivity index (χ2n) is 8.74. The van der Waals surface area contributed by atoms with Crippen LogP contribution in [0.4, 0.5) is 24.5 Å². The smallest absolute Gasteiger partial charge is 0.229 e. The number of Topliss-reactive ketones (excluding diaryl/α,β-unsaturated/α-hetero) is 1. The van der Waals surface area contributed by atoms with Crippen LogP contribution >= 0.6 is 0 Å². The number of carbonyl (C=O) groups excluding carboxylic acids is 1. The van der Waals surface area contributed by atoms with Gasteiger partial charge in [0.15, 0.2) is 11.6 Å². The van der Waals surface area contributed by atoms with Crippen molar-refractivity contribution in [3.05, 3.63) is 88.8 Å². The summed E-state index contributed by atoms with van der Waals surface area (Å²) in [5, 5.41) is 5.35. The highest BCUT2D eigenvalue weighted by molar-refractivity contribution is 7.92. The van der Waals surface area contributed by atoms with Crippen LogP contribution in [0.2, 0.25) is 0 Å². The lowest BCUT2D eigenvalue weighted by Gasteiger charge is -2.21. The topological polar surface area (TPSA) is 143 Å². The van der Waals surface area contributed by atoms with Gasteiger partial charge in [-0.05, 0) is 50.2 Å². The molecule has 0 bridgehead atoms. The molecule has 0 saturated heterocycles. The van der Waals surface area contributed by atoms with Crippen LogP contribution < -0.4 is 20.2 Å². The van der Waals surface area contributed by atoms with Crippen LogP contribution in [0.5, 0.6) is 11.6 Å². The molecule has 208 valence electrons. The Labute approximate surface area is 227 Å². The Morgan fingerprint density at radius 1 is 1.18 bits per heavy atom. The number of fused-ring (bicyclic) bond motifs is 1. The van der Waals surface area contributed by atoms with Crippen molar-refractivity contribution < 1.29 is 31.1 Å². The minimum atomic E-state index is -3.73. The molecule has 0 aliphatic heterocycles. The Balaban J connectivity index is 1.62. The van der Waals surface area contributed by atoms with Gasteiger partial charge in [0.25, 0.3) is 0 Å². The highest BCUT2D eigenvalue weighted by Gasteiger charge is 2.21. The number of nitrogens with zero attached hydrogens (tertiary/aromatic N) is 3. The molecule has 0 spiro atoms. The van der Waals surface area contributed by atoms with Gasteiger partial charge < -0.3 is 15.5 Å². The van der Waals surface area contributed by atoms with E-state index in [1.807, 2.05) is 0 Å². The van der Waals surface area contributed by atoms with E-state index >= 15 is 0 Å². The quantitative estimate of drug-likeness (QED) is 0.111. The Hall–Kier alpha value is -4.85. The first-order chi connectivity index (χ1) is 18.8. The maximum atomic E-state index is 14.4. The van der Waals surface area contributed by atoms with Crippen LogP contribution in [0.3, 0.4) is 0 Å². The van der Waals surface area contributed by atoms with Gasteiger partial charge in [-0.3, -0.25) is 9.52 Å². The van der Waals surface area contributed by atoms with Gasteiger partial charge in [0.05, 0.1) is 29.5 Å². The van der Waals surface area contributed by atoms with Crippen LogP contribution in [-0.4, -0.2) is 37.1 Å². The van der Waals surface area contributed by atoms with Crippen molar-refractivity contribution in [1.29, 1.82) is 0 Å². The molecule has 0 unspecified atom stereocenters. The number of benzene rings is 2. The van der Waals surface area contributed by atoms with Crippen LogP contribution in [-0.2, 0) is 10.0 Å². The van der Waals surface area contributed by atoms with Crippen LogP contribution in [0.15, 0.2) is 65.2 Å². The summed E-state index contributed by atoms with van der Waals surface area (Å²) < 4.78 is 72.4. The number of hydrogen-bond donors (Lipinski definition) is 3. The van der Waals surface area contributed by atoms with E-state index in [0.29, 0.717) is 22.2 Å². The van der Waals surface area contributed by atoms with Gasteiger partial charge in [-0.15, -0.1) is 0 Å². The number of H-pyrrole nitrogens is 1. The average Bonchev–Trinajstić information content (AvgIpc) is 3.29. The lowest BCUT2D eigenvalue weighted by molar-refractivity contribution is 0.102. The molecule has 40 heavy (non-hydrogen) atoms. The van der Waals surface area contributed by atoms with Crippen molar-refractivity contribution in [3.8, 4) is 11.6 Å². The SMILES string of the molecule is C=NN(/C(N)=C(\C)C(=O)c1cc2cc(F)c(NS(C)(=O)=O)cc2[nH]1)c1cnc(Oc2cccc(F)c2F)c(C)c1. The summed E-state index contributed by atoms with van der Waals surface area (Å²) in [4.78, 5) is 20.2. The first-order valence-electron chi connectivity index (χ1n) is 11.5. The number of aryl methyl sites for hydroxylation is 1. The number of aromatic nitrogens is 2. The summed E-state index contributed by atoms with van der Waals surface area (Å²) in [5.74, 6) is -4.05. The van der Waals surface area contributed by atoms with Crippen molar-refractivity contribution in [2.75, 3.05) is 16.0 Å². The molecule has 14 heteroatoms. The Kier molecular flexibility index (Phi) is 7.55. The van der Waals surface area contributed by atoms with Gasteiger partial charge in [-0.1, -0.05) is 6.07 Å². The third kappa shape index (κ3) is 5.76. The zero-order valence-electron chi connectivity index (χ0n) is 21.4. The number of rotatable bonds is 9. The average molecular weight is 573 g/mol. The van der Waals surface area contributed by atoms with Crippen LogP contribution in [0.1, 0.15) is 23.0 Å². The lowest BCUT2D eigenvalue weighted by Crippen LogP contribution is -2.25. The first-order valence-corrected chi connectivity index (χ1v) is 13.3. The molecule has 0 radical (unpaired) electrons. The van der Waals surface area contributed by atoms with Gasteiger partial charge in [0.2, 0.25) is 27.5 Å². The number of allylic oxidation sites excluding steroid dienone is 1. The van der Waals surface area contributed by atoms with Gasteiger partial charge in [-0.2, -0.15) is 9.49 Å². The molecule has 4 N–H and O–H groups in total. The fourth-order valence-corrected chi connectivity index (χ4v) is 4.32. The van der Waals surface area contributed by atoms with Crippen molar-refractivity contribution >= 4 is 44.8 Å². The molecule has 0 fully saturated rings. The van der Waals surface area contributed by atoms with E-state index in [1.54, 1.807) is 13.0 Å². The minimum absolute atomic E-state index is 0.00246. The van der Waals surface area contributed by atoms with Crippen molar-refractivity contribution in [2.45, 2.75) is 13.8 Å². The summed E-state index contributed by atoms with van der Waals surface area (Å²) in [7, 11) is -3.73. The van der Waals surface area contributed by atoms with E-state index in [1.165, 1.54) is 37.4 Å². The molecule has 2 aromatic heterocycles. The van der Waals surface area contributed by atoms with Crippen molar-refractivity contribution in [2.24, 2.45) is 10.8 Å². The molecule has 4 aromatic rings. The van der Waals surface area contributed by atoms with Crippen LogP contribution in [0.25, 0.3) is 10.9 Å². The number of ketones is 1. The molecule has 0 aliphatic rings. The first kappa shape index (κ1) is 28.2. The molecule has 4 rings (SSSR count). The standard InChI is InChI=1S/C26H23F3N6O4S/c1-13-8-16(12-32-26(13)39-22-7-5-6-17(27)23(22)29)35(31-3)25(30)14(2)24(36)21-10-15-9-18(28)20(11-19(15)33-21)34-40(4,37)38/h5-12,33-34H,3,30H2,1-2,4H3/b25-14+. The largest absolute Gasteiger partial charge is 0.436 e. The number of sulfonamides is 1. The molecule has 10 nitrogen and oxygen atoms in total. The number of hydrogen-bond acceptors (Lipinski definition) is 8. The van der Waals surface area contributed by atoms with Crippen molar-refractivity contribution in [3.63, 3.8) is 0 Å². The number of nitrogens with one attached hydrogen (secondary N) is 2. The second kappa shape index (κ2) is 10.7. The molecule has 2 heterocycles. The van der Waals surface area contributed by atoms with E-state index in [0.717, 1.165) is 23.4 Å². The number of aromatic amines is 1. The Morgan fingerprint density at radius 2 is 1.90 bits per heavy atom. The molecule has 0 atom stereocenters. The number of pyridine rings is 1. The Bertz CT molecular complexity index is 1800. The number of halogens is 3. The predicted octanol–water partition coefficient (Wildman–Crippen LogP) is 4.95.